The molecule has 2 saturated heterocycles. The second kappa shape index (κ2) is 10.3. The van der Waals surface area contributed by atoms with Crippen LogP contribution in [0.3, 0.4) is 0 Å². The van der Waals surface area contributed by atoms with Crippen LogP contribution >= 0.6 is 0 Å². The van der Waals surface area contributed by atoms with Crippen LogP contribution < -0.4 is 4.74 Å². The van der Waals surface area contributed by atoms with Crippen LogP contribution in [-0.2, 0) is 4.79 Å². The summed E-state index contributed by atoms with van der Waals surface area (Å²) in [5, 5.41) is 13.9. The smallest absolute Gasteiger partial charge is 0.261 e. The Labute approximate surface area is 203 Å². The molecule has 2 aliphatic heterocycles. The van der Waals surface area contributed by atoms with Crippen molar-refractivity contribution in [3.63, 3.8) is 0 Å². The fourth-order valence-corrected chi connectivity index (χ4v) is 4.62. The second-order valence-corrected chi connectivity index (χ2v) is 8.93. The molecule has 0 radical (unpaired) electrons. The molecule has 0 saturated carbocycles. The lowest BCUT2D eigenvalue weighted by Crippen LogP contribution is -2.41. The van der Waals surface area contributed by atoms with Crippen molar-refractivity contribution in [3.05, 3.63) is 66.1 Å². The minimum atomic E-state index is -0.471. The van der Waals surface area contributed by atoms with E-state index in [2.05, 4.69) is 10.1 Å². The lowest BCUT2D eigenvalue weighted by molar-refractivity contribution is -0.138. The molecule has 0 bridgehead atoms. The Morgan fingerprint density at radius 1 is 1.06 bits per heavy atom. The molecule has 5 rings (SSSR count). The van der Waals surface area contributed by atoms with Crippen LogP contribution in [0.15, 0.2) is 59.1 Å². The van der Waals surface area contributed by atoms with Gasteiger partial charge in [-0.15, -0.1) is 0 Å². The number of ether oxygens (including phenoxy) is 1. The highest BCUT2D eigenvalue weighted by molar-refractivity contribution is 5.95. The first kappa shape index (κ1) is 23.0. The van der Waals surface area contributed by atoms with Gasteiger partial charge in [0.1, 0.15) is 11.8 Å². The first-order chi connectivity index (χ1) is 17.1. The van der Waals surface area contributed by atoms with E-state index in [1.807, 2.05) is 36.4 Å². The number of carbonyl (C=O) groups excluding carboxylic acids is 2. The van der Waals surface area contributed by atoms with Crippen LogP contribution in [0.5, 0.6) is 5.75 Å². The van der Waals surface area contributed by atoms with Crippen LogP contribution in [0.4, 0.5) is 0 Å². The Balaban J connectivity index is 1.29. The van der Waals surface area contributed by atoms with Crippen LogP contribution in [-0.4, -0.2) is 69.2 Å². The molecule has 2 aliphatic rings. The molecule has 9 nitrogen and oxygen atoms in total. The molecular weight excluding hydrogens is 448 g/mol. The predicted octanol–water partition coefficient (Wildman–Crippen LogP) is 3.08. The minimum absolute atomic E-state index is 0.0587. The molecule has 3 heterocycles. The van der Waals surface area contributed by atoms with Crippen molar-refractivity contribution < 1.29 is 24.0 Å². The molecule has 0 spiro atoms. The highest BCUT2D eigenvalue weighted by Crippen LogP contribution is 2.31. The number of amides is 2. The molecule has 1 aromatic heterocycles. The largest absolute Gasteiger partial charge is 0.484 e. The van der Waals surface area contributed by atoms with Crippen LogP contribution in [0.25, 0.3) is 11.4 Å². The number of benzene rings is 2. The zero-order valence-corrected chi connectivity index (χ0v) is 19.4. The second-order valence-electron chi connectivity index (χ2n) is 8.93. The zero-order valence-electron chi connectivity index (χ0n) is 19.4. The summed E-state index contributed by atoms with van der Waals surface area (Å²) in [7, 11) is 0. The third-order valence-corrected chi connectivity index (χ3v) is 6.47. The van der Waals surface area contributed by atoms with E-state index in [1.165, 1.54) is 0 Å². The Bertz CT molecular complexity index is 1180. The molecule has 0 aliphatic carbocycles. The van der Waals surface area contributed by atoms with E-state index in [9.17, 15) is 14.7 Å². The lowest BCUT2D eigenvalue weighted by Gasteiger charge is -2.33. The van der Waals surface area contributed by atoms with E-state index in [0.717, 1.165) is 19.3 Å². The molecule has 2 amide bonds. The van der Waals surface area contributed by atoms with Gasteiger partial charge in [0.2, 0.25) is 11.7 Å². The SMILES string of the molecule is O=C(c1cccc(-c2noc([C@H]3CCCCN3C(=O)COc3ccccc3)n2)c1)N1CCC(O)C1. The highest BCUT2D eigenvalue weighted by Gasteiger charge is 2.32. The molecule has 1 N–H and O–H groups in total. The number of aliphatic hydroxyl groups excluding tert-OH is 1. The summed E-state index contributed by atoms with van der Waals surface area (Å²) in [5.74, 6) is 1.14. The van der Waals surface area contributed by atoms with Gasteiger partial charge in [0.15, 0.2) is 6.61 Å². The van der Waals surface area contributed by atoms with Gasteiger partial charge in [-0.05, 0) is 49.9 Å². The number of piperidine rings is 1. The highest BCUT2D eigenvalue weighted by atomic mass is 16.5. The normalized spacial score (nSPS) is 20.1. The lowest BCUT2D eigenvalue weighted by atomic mass is 10.0. The van der Waals surface area contributed by atoms with Crippen molar-refractivity contribution in [1.29, 1.82) is 0 Å². The van der Waals surface area contributed by atoms with E-state index in [1.54, 1.807) is 28.0 Å². The Hall–Kier alpha value is -3.72. The number of carbonyl (C=O) groups is 2. The summed E-state index contributed by atoms with van der Waals surface area (Å²) >= 11 is 0. The van der Waals surface area contributed by atoms with Gasteiger partial charge in [-0.25, -0.2) is 0 Å². The van der Waals surface area contributed by atoms with Gasteiger partial charge >= 0.3 is 0 Å². The number of para-hydroxylation sites is 1. The average molecular weight is 477 g/mol. The number of hydrogen-bond donors (Lipinski definition) is 1. The number of rotatable bonds is 6. The van der Waals surface area contributed by atoms with Crippen molar-refractivity contribution in [2.45, 2.75) is 37.8 Å². The topological polar surface area (TPSA) is 109 Å². The number of likely N-dealkylation sites (tertiary alicyclic amines) is 2. The fraction of sp³-hybridized carbons (Fsp3) is 0.385. The summed E-state index contributed by atoms with van der Waals surface area (Å²) in [6.07, 6.45) is 2.71. The third-order valence-electron chi connectivity index (χ3n) is 6.47. The van der Waals surface area contributed by atoms with Gasteiger partial charge in [-0.3, -0.25) is 9.59 Å². The molecule has 35 heavy (non-hydrogen) atoms. The van der Waals surface area contributed by atoms with E-state index in [-0.39, 0.29) is 24.5 Å². The Morgan fingerprint density at radius 2 is 1.91 bits per heavy atom. The maximum atomic E-state index is 13.0. The van der Waals surface area contributed by atoms with E-state index in [0.29, 0.717) is 54.6 Å². The van der Waals surface area contributed by atoms with Crippen LogP contribution in [0.2, 0.25) is 0 Å². The van der Waals surface area contributed by atoms with E-state index >= 15 is 0 Å². The number of hydrogen-bond acceptors (Lipinski definition) is 7. The molecule has 3 aromatic rings. The van der Waals surface area contributed by atoms with Gasteiger partial charge in [0.05, 0.1) is 6.10 Å². The Kier molecular flexibility index (Phi) is 6.76. The number of nitrogens with zero attached hydrogens (tertiary/aromatic N) is 4. The minimum Gasteiger partial charge on any atom is -0.484 e. The van der Waals surface area contributed by atoms with Crippen molar-refractivity contribution in [2.75, 3.05) is 26.2 Å². The third kappa shape index (κ3) is 5.19. The van der Waals surface area contributed by atoms with Gasteiger partial charge in [0, 0.05) is 30.8 Å². The molecular formula is C26H28N4O5. The summed E-state index contributed by atoms with van der Waals surface area (Å²) in [6.45, 7) is 1.42. The number of aliphatic hydroxyl groups is 1. The van der Waals surface area contributed by atoms with Crippen LogP contribution in [0, 0.1) is 0 Å². The zero-order chi connectivity index (χ0) is 24.2. The predicted molar refractivity (Wildman–Crippen MR) is 127 cm³/mol. The summed E-state index contributed by atoms with van der Waals surface area (Å²) in [4.78, 5) is 33.7. The standard InChI is InChI=1S/C26H28N4O5/c31-20-12-14-29(16-20)26(33)19-8-6-7-18(15-19)24-27-25(35-28-24)22-11-4-5-13-30(22)23(32)17-34-21-9-2-1-3-10-21/h1-3,6-10,15,20,22,31H,4-5,11-14,16-17H2/t20?,22-/m1/s1. The quantitative estimate of drug-likeness (QED) is 0.582. The molecule has 2 atom stereocenters. The molecule has 182 valence electrons. The first-order valence-electron chi connectivity index (χ1n) is 12.0. The van der Waals surface area contributed by atoms with Gasteiger partial charge < -0.3 is 24.2 Å². The van der Waals surface area contributed by atoms with Gasteiger partial charge in [-0.2, -0.15) is 4.98 Å². The van der Waals surface area contributed by atoms with E-state index in [4.69, 9.17) is 9.26 Å². The number of aromatic nitrogens is 2. The van der Waals surface area contributed by atoms with Crippen molar-refractivity contribution >= 4 is 11.8 Å². The average Bonchev–Trinajstić information content (AvgIpc) is 3.57. The first-order valence-corrected chi connectivity index (χ1v) is 12.0. The summed E-state index contributed by atoms with van der Waals surface area (Å²) in [6, 6.07) is 16.0. The van der Waals surface area contributed by atoms with Crippen LogP contribution in [0.1, 0.15) is 48.0 Å². The van der Waals surface area contributed by atoms with Crippen molar-refractivity contribution in [2.24, 2.45) is 0 Å². The van der Waals surface area contributed by atoms with Gasteiger partial charge in [-0.1, -0.05) is 35.5 Å². The van der Waals surface area contributed by atoms with Crippen molar-refractivity contribution in [1.82, 2.24) is 19.9 Å². The Morgan fingerprint density at radius 3 is 2.71 bits per heavy atom. The molecule has 9 heteroatoms. The summed E-state index contributed by atoms with van der Waals surface area (Å²) in [5.41, 5.74) is 1.17. The van der Waals surface area contributed by atoms with E-state index < -0.39 is 6.10 Å². The molecule has 2 fully saturated rings. The van der Waals surface area contributed by atoms with Crippen molar-refractivity contribution in [3.8, 4) is 17.1 Å². The molecule has 2 aromatic carbocycles. The number of β-amino-alcohol motifs (C(OH)–C–C–N with tert-alkyl or cyclic N) is 1. The van der Waals surface area contributed by atoms with Gasteiger partial charge in [0.25, 0.3) is 11.8 Å². The monoisotopic (exact) mass is 476 g/mol. The fourth-order valence-electron chi connectivity index (χ4n) is 4.62. The maximum Gasteiger partial charge on any atom is 0.261 e. The maximum absolute atomic E-state index is 13.0. The summed E-state index contributed by atoms with van der Waals surface area (Å²) < 4.78 is 11.2. The molecule has 1 unspecified atom stereocenters.